The highest BCUT2D eigenvalue weighted by atomic mass is 32.2. The van der Waals surface area contributed by atoms with Crippen LogP contribution in [0.3, 0.4) is 0 Å². The zero-order valence-corrected chi connectivity index (χ0v) is 13.8. The fourth-order valence-electron chi connectivity index (χ4n) is 1.59. The van der Waals surface area contributed by atoms with Crippen LogP contribution >= 0.6 is 23.1 Å². The molecule has 0 saturated carbocycles. The summed E-state index contributed by atoms with van der Waals surface area (Å²) in [5.74, 6) is -1.08. The molecule has 0 unspecified atom stereocenters. The molecule has 0 bridgehead atoms. The first-order chi connectivity index (χ1) is 10.2. The fraction of sp³-hybridized carbons (Fsp3) is 0.231. The number of hydrogen-bond acceptors (Lipinski definition) is 4. The average Bonchev–Trinajstić information content (AvgIpc) is 2.84. The fourth-order valence-corrected chi connectivity index (χ4v) is 4.78. The van der Waals surface area contributed by atoms with Crippen molar-refractivity contribution in [2.24, 2.45) is 0 Å². The van der Waals surface area contributed by atoms with E-state index in [-0.39, 0.29) is 14.8 Å². The predicted octanol–water partition coefficient (Wildman–Crippen LogP) is 4.51. The van der Waals surface area contributed by atoms with Gasteiger partial charge in [0.1, 0.15) is 4.21 Å². The molecule has 9 heteroatoms. The number of thioether (sulfide) groups is 1. The van der Waals surface area contributed by atoms with Crippen molar-refractivity contribution in [3.05, 3.63) is 41.3 Å². The van der Waals surface area contributed by atoms with Gasteiger partial charge < -0.3 is 0 Å². The molecule has 0 aliphatic heterocycles. The number of thiophene rings is 1. The van der Waals surface area contributed by atoms with E-state index in [9.17, 15) is 21.6 Å². The van der Waals surface area contributed by atoms with Gasteiger partial charge in [0.2, 0.25) is 0 Å². The standard InChI is InChI=1S/C13H12F3NO2S3/c1-9-6-7-12(21-9)22(18,19)17-10-4-2-3-5-11(10)20-8-13(14,15)16/h2-7,17H,8H2,1H3. The van der Waals surface area contributed by atoms with Crippen molar-refractivity contribution in [3.63, 3.8) is 0 Å². The Morgan fingerprint density at radius 2 is 1.86 bits per heavy atom. The summed E-state index contributed by atoms with van der Waals surface area (Å²) in [6.07, 6.45) is -4.32. The lowest BCUT2D eigenvalue weighted by Crippen LogP contribution is -2.13. The third-order valence-electron chi connectivity index (χ3n) is 2.50. The lowest BCUT2D eigenvalue weighted by Gasteiger charge is -2.12. The van der Waals surface area contributed by atoms with Crippen LogP contribution < -0.4 is 4.72 Å². The molecule has 0 atom stereocenters. The van der Waals surface area contributed by atoms with Gasteiger partial charge in [0, 0.05) is 9.77 Å². The number of sulfonamides is 1. The second kappa shape index (κ2) is 6.51. The lowest BCUT2D eigenvalue weighted by atomic mass is 10.3. The van der Waals surface area contributed by atoms with Crippen LogP contribution in [0.4, 0.5) is 18.9 Å². The first kappa shape index (κ1) is 17.2. The monoisotopic (exact) mass is 367 g/mol. The molecule has 0 aliphatic carbocycles. The lowest BCUT2D eigenvalue weighted by molar-refractivity contribution is -0.105. The molecular formula is C13H12F3NO2S3. The second-order valence-electron chi connectivity index (χ2n) is 4.37. The van der Waals surface area contributed by atoms with Crippen molar-refractivity contribution in [2.75, 3.05) is 10.5 Å². The largest absolute Gasteiger partial charge is 0.398 e. The number of anilines is 1. The molecule has 0 saturated heterocycles. The van der Waals surface area contributed by atoms with Crippen molar-refractivity contribution >= 4 is 38.8 Å². The number of halogens is 3. The van der Waals surface area contributed by atoms with Crippen molar-refractivity contribution in [3.8, 4) is 0 Å². The number of alkyl halides is 3. The topological polar surface area (TPSA) is 46.2 Å². The van der Waals surface area contributed by atoms with Gasteiger partial charge in [-0.25, -0.2) is 8.42 Å². The third kappa shape index (κ3) is 4.65. The van der Waals surface area contributed by atoms with Gasteiger partial charge >= 0.3 is 6.18 Å². The first-order valence-corrected chi connectivity index (χ1v) is 9.34. The average molecular weight is 367 g/mol. The van der Waals surface area contributed by atoms with E-state index in [1.165, 1.54) is 18.2 Å². The van der Waals surface area contributed by atoms with Crippen molar-refractivity contribution in [1.29, 1.82) is 0 Å². The summed E-state index contributed by atoms with van der Waals surface area (Å²) in [5, 5.41) is 0. The number of benzene rings is 1. The van der Waals surface area contributed by atoms with Crippen molar-refractivity contribution < 1.29 is 21.6 Å². The zero-order valence-electron chi connectivity index (χ0n) is 11.3. The van der Waals surface area contributed by atoms with Crippen LogP contribution in [-0.2, 0) is 10.0 Å². The molecule has 120 valence electrons. The molecule has 1 N–H and O–H groups in total. The van der Waals surface area contributed by atoms with Crippen molar-refractivity contribution in [2.45, 2.75) is 22.2 Å². The van der Waals surface area contributed by atoms with Gasteiger partial charge in [-0.3, -0.25) is 4.72 Å². The van der Waals surface area contributed by atoms with E-state index >= 15 is 0 Å². The number of para-hydroxylation sites is 1. The molecule has 22 heavy (non-hydrogen) atoms. The Morgan fingerprint density at radius 1 is 1.18 bits per heavy atom. The summed E-state index contributed by atoms with van der Waals surface area (Å²) < 4.78 is 63.9. The molecule has 1 heterocycles. The maximum Gasteiger partial charge on any atom is 0.398 e. The van der Waals surface area contributed by atoms with E-state index in [0.717, 1.165) is 16.2 Å². The van der Waals surface area contributed by atoms with Crippen LogP contribution in [-0.4, -0.2) is 20.3 Å². The van der Waals surface area contributed by atoms with E-state index in [1.807, 2.05) is 0 Å². The van der Waals surface area contributed by atoms with Gasteiger partial charge in [-0.2, -0.15) is 13.2 Å². The quantitative estimate of drug-likeness (QED) is 0.791. The minimum absolute atomic E-state index is 0.126. The molecule has 0 spiro atoms. The molecule has 2 rings (SSSR count). The Balaban J connectivity index is 2.23. The number of aryl methyl sites for hydroxylation is 1. The van der Waals surface area contributed by atoms with E-state index in [4.69, 9.17) is 0 Å². The van der Waals surface area contributed by atoms with Gasteiger partial charge in [-0.15, -0.1) is 23.1 Å². The molecule has 1 aromatic carbocycles. The highest BCUT2D eigenvalue weighted by molar-refractivity contribution is 7.99. The molecule has 2 aromatic rings. The van der Waals surface area contributed by atoms with Gasteiger partial charge in [-0.05, 0) is 31.2 Å². The Labute approximate surface area is 134 Å². The van der Waals surface area contributed by atoms with Crippen LogP contribution in [0.1, 0.15) is 4.88 Å². The number of hydrogen-bond donors (Lipinski definition) is 1. The van der Waals surface area contributed by atoms with E-state index in [1.54, 1.807) is 25.1 Å². The van der Waals surface area contributed by atoms with Crippen LogP contribution in [0.15, 0.2) is 45.5 Å². The van der Waals surface area contributed by atoms with Gasteiger partial charge in [0.15, 0.2) is 0 Å². The minimum Gasteiger partial charge on any atom is -0.278 e. The summed E-state index contributed by atoms with van der Waals surface area (Å²) in [5.41, 5.74) is 0.141. The summed E-state index contributed by atoms with van der Waals surface area (Å²) in [6, 6.07) is 9.16. The molecule has 1 aromatic heterocycles. The number of rotatable bonds is 5. The maximum atomic E-state index is 12.3. The predicted molar refractivity (Wildman–Crippen MR) is 83.1 cm³/mol. The molecule has 0 aliphatic rings. The van der Waals surface area contributed by atoms with Gasteiger partial charge in [0.25, 0.3) is 10.0 Å². The highest BCUT2D eigenvalue weighted by Crippen LogP contribution is 2.33. The Hall–Kier alpha value is -1.19. The zero-order chi connectivity index (χ0) is 16.4. The summed E-state index contributed by atoms with van der Waals surface area (Å²) >= 11 is 1.65. The van der Waals surface area contributed by atoms with Crippen LogP contribution in [0, 0.1) is 6.92 Å². The first-order valence-electron chi connectivity index (χ1n) is 6.05. The summed E-state index contributed by atoms with van der Waals surface area (Å²) in [6.45, 7) is 1.77. The number of nitrogens with one attached hydrogen (secondary N) is 1. The van der Waals surface area contributed by atoms with Crippen LogP contribution in [0.5, 0.6) is 0 Å². The summed E-state index contributed by atoms with van der Waals surface area (Å²) in [4.78, 5) is 1.07. The second-order valence-corrected chi connectivity index (χ2v) is 8.58. The van der Waals surface area contributed by atoms with Crippen LogP contribution in [0.25, 0.3) is 0 Å². The Morgan fingerprint density at radius 3 is 2.45 bits per heavy atom. The maximum absolute atomic E-state index is 12.3. The molecular weight excluding hydrogens is 355 g/mol. The highest BCUT2D eigenvalue weighted by Gasteiger charge is 2.28. The smallest absolute Gasteiger partial charge is 0.278 e. The van der Waals surface area contributed by atoms with E-state index < -0.39 is 22.0 Å². The Kier molecular flexibility index (Phi) is 5.08. The Bertz CT molecular complexity index is 754. The molecule has 3 nitrogen and oxygen atoms in total. The molecule has 0 amide bonds. The van der Waals surface area contributed by atoms with Gasteiger partial charge in [0.05, 0.1) is 11.4 Å². The molecule has 0 radical (unpaired) electrons. The summed E-state index contributed by atoms with van der Waals surface area (Å²) in [7, 11) is -3.79. The van der Waals surface area contributed by atoms with E-state index in [0.29, 0.717) is 11.8 Å². The SMILES string of the molecule is Cc1ccc(S(=O)(=O)Nc2ccccc2SCC(F)(F)F)s1. The van der Waals surface area contributed by atoms with E-state index in [2.05, 4.69) is 4.72 Å². The van der Waals surface area contributed by atoms with Crippen LogP contribution in [0.2, 0.25) is 0 Å². The molecule has 0 fully saturated rings. The van der Waals surface area contributed by atoms with Crippen molar-refractivity contribution in [1.82, 2.24) is 0 Å². The minimum atomic E-state index is -4.32. The van der Waals surface area contributed by atoms with Gasteiger partial charge in [-0.1, -0.05) is 12.1 Å². The third-order valence-corrected chi connectivity index (χ3v) is 6.50. The normalized spacial score (nSPS) is 12.4.